The quantitative estimate of drug-likeness (QED) is 0.645. The number of nitrogens with zero attached hydrogens (tertiary/aromatic N) is 5. The third kappa shape index (κ3) is 4.19. The number of rotatable bonds is 5. The van der Waals surface area contributed by atoms with Gasteiger partial charge in [0.05, 0.1) is 23.3 Å². The molecule has 162 valence electrons. The van der Waals surface area contributed by atoms with Gasteiger partial charge in [-0.3, -0.25) is 4.79 Å². The number of amides is 1. The average Bonchev–Trinajstić information content (AvgIpc) is 3.39. The minimum atomic E-state index is -3.68. The van der Waals surface area contributed by atoms with Gasteiger partial charge in [0.1, 0.15) is 11.6 Å². The van der Waals surface area contributed by atoms with Crippen molar-refractivity contribution in [3.8, 4) is 0 Å². The molecule has 0 saturated carbocycles. The van der Waals surface area contributed by atoms with Crippen molar-refractivity contribution in [2.24, 2.45) is 7.05 Å². The molecule has 1 aliphatic rings. The molecule has 31 heavy (non-hydrogen) atoms. The number of aryl methyl sites for hydroxylation is 2. The van der Waals surface area contributed by atoms with Crippen LogP contribution in [0, 0.1) is 12.7 Å². The fraction of sp³-hybridized carbons (Fsp3) is 0.300. The van der Waals surface area contributed by atoms with E-state index in [1.807, 2.05) is 0 Å². The molecule has 0 aliphatic carbocycles. The molecular weight excluding hydrogens is 423 g/mol. The van der Waals surface area contributed by atoms with Crippen molar-refractivity contribution in [3.63, 3.8) is 0 Å². The highest BCUT2D eigenvalue weighted by Gasteiger charge is 2.35. The van der Waals surface area contributed by atoms with Crippen LogP contribution in [-0.2, 0) is 17.1 Å². The zero-order chi connectivity index (χ0) is 22.2. The van der Waals surface area contributed by atoms with Crippen LogP contribution in [0.3, 0.4) is 0 Å². The normalized spacial score (nSPS) is 17.1. The molecule has 3 aromatic rings. The third-order valence-electron chi connectivity index (χ3n) is 5.17. The first-order valence-corrected chi connectivity index (χ1v) is 11.1. The number of nitrogens with one attached hydrogen (secondary N) is 1. The second kappa shape index (κ2) is 8.16. The standard InChI is InChI=1S/C20H21FN6O3S/c1-13-15(20(28)25-17-6-4-3-5-16(17)21)9-22-19(24-13)14-7-8-27(10-14)31(29,30)18-11-26(2)12-23-18/h3-6,9,11-12,14H,7-8,10H2,1-2H3,(H,25,28)/t14-/m1/s1. The van der Waals surface area contributed by atoms with E-state index < -0.39 is 21.7 Å². The van der Waals surface area contributed by atoms with Crippen molar-refractivity contribution >= 4 is 21.6 Å². The minimum Gasteiger partial charge on any atom is -0.339 e. The van der Waals surface area contributed by atoms with Gasteiger partial charge in [0.15, 0.2) is 5.03 Å². The molecule has 11 heteroatoms. The lowest BCUT2D eigenvalue weighted by Gasteiger charge is -2.15. The summed E-state index contributed by atoms with van der Waals surface area (Å²) in [4.78, 5) is 25.2. The summed E-state index contributed by atoms with van der Waals surface area (Å²) in [6, 6.07) is 5.88. The Balaban J connectivity index is 1.48. The predicted molar refractivity (Wildman–Crippen MR) is 110 cm³/mol. The fourth-order valence-corrected chi connectivity index (χ4v) is 4.93. The first kappa shape index (κ1) is 21.1. The van der Waals surface area contributed by atoms with Crippen molar-refractivity contribution in [1.29, 1.82) is 0 Å². The van der Waals surface area contributed by atoms with Gasteiger partial charge in [-0.15, -0.1) is 0 Å². The molecule has 1 atom stereocenters. The maximum absolute atomic E-state index is 13.8. The Kier molecular flexibility index (Phi) is 5.54. The van der Waals surface area contributed by atoms with Crippen LogP contribution in [-0.4, -0.2) is 51.2 Å². The van der Waals surface area contributed by atoms with Gasteiger partial charge in [-0.2, -0.15) is 4.31 Å². The number of sulfonamides is 1. The first-order valence-electron chi connectivity index (χ1n) is 9.63. The lowest BCUT2D eigenvalue weighted by atomic mass is 10.1. The van der Waals surface area contributed by atoms with Crippen molar-refractivity contribution in [1.82, 2.24) is 23.8 Å². The Morgan fingerprint density at radius 3 is 2.71 bits per heavy atom. The number of anilines is 1. The molecule has 1 amide bonds. The summed E-state index contributed by atoms with van der Waals surface area (Å²) < 4.78 is 42.3. The van der Waals surface area contributed by atoms with E-state index in [4.69, 9.17) is 0 Å². The molecule has 1 saturated heterocycles. The molecule has 2 aromatic heterocycles. The molecular formula is C20H21FN6O3S. The Hall–Kier alpha value is -3.18. The summed E-state index contributed by atoms with van der Waals surface area (Å²) in [6.07, 6.45) is 4.86. The van der Waals surface area contributed by atoms with Gasteiger partial charge in [0, 0.05) is 38.4 Å². The van der Waals surface area contributed by atoms with E-state index in [0.717, 1.165) is 0 Å². The summed E-state index contributed by atoms with van der Waals surface area (Å²) in [5, 5.41) is 2.52. The molecule has 0 bridgehead atoms. The van der Waals surface area contributed by atoms with E-state index in [1.54, 1.807) is 24.6 Å². The number of halogens is 1. The summed E-state index contributed by atoms with van der Waals surface area (Å²) in [6.45, 7) is 2.24. The second-order valence-corrected chi connectivity index (χ2v) is 9.27. The molecule has 0 radical (unpaired) electrons. The maximum Gasteiger partial charge on any atom is 0.262 e. The minimum absolute atomic E-state index is 0.00733. The van der Waals surface area contributed by atoms with E-state index in [-0.39, 0.29) is 28.7 Å². The summed E-state index contributed by atoms with van der Waals surface area (Å²) >= 11 is 0. The third-order valence-corrected chi connectivity index (χ3v) is 6.92. The van der Waals surface area contributed by atoms with Crippen LogP contribution in [0.5, 0.6) is 0 Å². The van der Waals surface area contributed by atoms with Gasteiger partial charge in [0.2, 0.25) is 0 Å². The number of hydrogen-bond acceptors (Lipinski definition) is 6. The molecule has 1 N–H and O–H groups in total. The maximum atomic E-state index is 13.8. The number of benzene rings is 1. The van der Waals surface area contributed by atoms with E-state index in [1.165, 1.54) is 41.2 Å². The Bertz CT molecular complexity index is 1240. The number of para-hydroxylation sites is 1. The highest BCUT2D eigenvalue weighted by Crippen LogP contribution is 2.29. The SMILES string of the molecule is Cc1nc([C@@H]2CCN(S(=O)(=O)c3cn(C)cn3)C2)ncc1C(=O)Nc1ccccc1F. The summed E-state index contributed by atoms with van der Waals surface area (Å²) in [5.41, 5.74) is 0.731. The van der Waals surface area contributed by atoms with Crippen LogP contribution in [0.15, 0.2) is 48.0 Å². The van der Waals surface area contributed by atoms with Crippen molar-refractivity contribution in [2.75, 3.05) is 18.4 Å². The topological polar surface area (TPSA) is 110 Å². The van der Waals surface area contributed by atoms with Crippen LogP contribution in [0.25, 0.3) is 0 Å². The van der Waals surface area contributed by atoms with Gasteiger partial charge < -0.3 is 9.88 Å². The molecule has 0 unspecified atom stereocenters. The summed E-state index contributed by atoms with van der Waals surface area (Å²) in [5.74, 6) is -0.773. The zero-order valence-electron chi connectivity index (χ0n) is 17.0. The van der Waals surface area contributed by atoms with Crippen LogP contribution < -0.4 is 5.32 Å². The van der Waals surface area contributed by atoms with Crippen LogP contribution in [0.1, 0.15) is 34.2 Å². The van der Waals surface area contributed by atoms with Gasteiger partial charge >= 0.3 is 0 Å². The largest absolute Gasteiger partial charge is 0.339 e. The first-order chi connectivity index (χ1) is 14.8. The van der Waals surface area contributed by atoms with E-state index in [9.17, 15) is 17.6 Å². The lowest BCUT2D eigenvalue weighted by molar-refractivity contribution is 0.102. The highest BCUT2D eigenvalue weighted by molar-refractivity contribution is 7.89. The molecule has 1 aromatic carbocycles. The fourth-order valence-electron chi connectivity index (χ4n) is 3.47. The van der Waals surface area contributed by atoms with Crippen LogP contribution in [0.2, 0.25) is 0 Å². The van der Waals surface area contributed by atoms with Gasteiger partial charge in [-0.25, -0.2) is 27.8 Å². The molecule has 1 aliphatic heterocycles. The molecule has 0 spiro atoms. The molecule has 3 heterocycles. The predicted octanol–water partition coefficient (Wildman–Crippen LogP) is 2.09. The van der Waals surface area contributed by atoms with E-state index in [0.29, 0.717) is 24.5 Å². The van der Waals surface area contributed by atoms with Crippen LogP contribution in [0.4, 0.5) is 10.1 Å². The number of carbonyl (C=O) groups is 1. The average molecular weight is 444 g/mol. The Morgan fingerprint density at radius 2 is 2.03 bits per heavy atom. The van der Waals surface area contributed by atoms with E-state index in [2.05, 4.69) is 20.3 Å². The number of hydrogen-bond donors (Lipinski definition) is 1. The second-order valence-electron chi connectivity index (χ2n) is 7.39. The van der Waals surface area contributed by atoms with Crippen molar-refractivity contribution in [3.05, 3.63) is 65.9 Å². The summed E-state index contributed by atoms with van der Waals surface area (Å²) in [7, 11) is -1.98. The van der Waals surface area contributed by atoms with Gasteiger partial charge in [0.25, 0.3) is 15.9 Å². The smallest absolute Gasteiger partial charge is 0.262 e. The van der Waals surface area contributed by atoms with Crippen molar-refractivity contribution < 1.29 is 17.6 Å². The zero-order valence-corrected chi connectivity index (χ0v) is 17.8. The Morgan fingerprint density at radius 1 is 1.26 bits per heavy atom. The molecule has 4 rings (SSSR count). The number of aromatic nitrogens is 4. The monoisotopic (exact) mass is 444 g/mol. The van der Waals surface area contributed by atoms with Crippen molar-refractivity contribution in [2.45, 2.75) is 24.3 Å². The number of imidazole rings is 1. The van der Waals surface area contributed by atoms with Crippen LogP contribution >= 0.6 is 0 Å². The van der Waals surface area contributed by atoms with E-state index >= 15 is 0 Å². The molecule has 9 nitrogen and oxygen atoms in total. The highest BCUT2D eigenvalue weighted by atomic mass is 32.2. The van der Waals surface area contributed by atoms with Gasteiger partial charge in [-0.1, -0.05) is 12.1 Å². The number of carbonyl (C=O) groups excluding carboxylic acids is 1. The van der Waals surface area contributed by atoms with Gasteiger partial charge in [-0.05, 0) is 25.5 Å². The lowest BCUT2D eigenvalue weighted by Crippen LogP contribution is -2.29. The molecule has 1 fully saturated rings. The Labute approximate surface area is 179 Å².